The van der Waals surface area contributed by atoms with Gasteiger partial charge in [-0.3, -0.25) is 0 Å². The second kappa shape index (κ2) is 14.0. The van der Waals surface area contributed by atoms with Gasteiger partial charge in [-0.05, 0) is 11.6 Å². The van der Waals surface area contributed by atoms with Crippen molar-refractivity contribution < 1.29 is 49.3 Å². The fraction of sp³-hybridized carbons (Fsp3) is 0.348. The lowest BCUT2D eigenvalue weighted by Crippen LogP contribution is -2.17. The number of hydrogen-bond acceptors (Lipinski definition) is 9. The zero-order valence-electron chi connectivity index (χ0n) is 20.4. The predicted molar refractivity (Wildman–Crippen MR) is 124 cm³/mol. The molecule has 1 aromatic heterocycles. The van der Waals surface area contributed by atoms with Crippen molar-refractivity contribution >= 4 is 11.9 Å². The van der Waals surface area contributed by atoms with E-state index < -0.39 is 65.1 Å². The topological polar surface area (TPSA) is 116 Å². The zero-order chi connectivity index (χ0) is 29.3. The van der Waals surface area contributed by atoms with Gasteiger partial charge in [0.1, 0.15) is 0 Å². The molecule has 0 bridgehead atoms. The van der Waals surface area contributed by atoms with Gasteiger partial charge in [0, 0.05) is 19.6 Å². The summed E-state index contributed by atoms with van der Waals surface area (Å²) in [6.45, 7) is 0.866. The molecule has 0 saturated carbocycles. The molecule has 0 aliphatic rings. The Bertz CT molecular complexity index is 1270. The first-order chi connectivity index (χ1) is 19.0. The average Bonchev–Trinajstić information content (AvgIpc) is 2.93. The summed E-state index contributed by atoms with van der Waals surface area (Å²) in [5.41, 5.74) is 4.15. The number of alkyl halides is 3. The third-order valence-corrected chi connectivity index (χ3v) is 4.90. The molecule has 218 valence electrons. The third kappa shape index (κ3) is 8.09. The smallest absolute Gasteiger partial charge is 0.416 e. The molecular weight excluding hydrogens is 560 g/mol. The van der Waals surface area contributed by atoms with Crippen LogP contribution in [0.4, 0.5) is 47.0 Å². The molecule has 0 unspecified atom stereocenters. The van der Waals surface area contributed by atoms with Gasteiger partial charge in [-0.1, -0.05) is 18.2 Å². The highest BCUT2D eigenvalue weighted by Gasteiger charge is 2.33. The van der Waals surface area contributed by atoms with Gasteiger partial charge in [-0.25, -0.2) is 13.2 Å². The Kier molecular flexibility index (Phi) is 10.7. The molecule has 0 radical (unpaired) electrons. The van der Waals surface area contributed by atoms with E-state index in [0.717, 1.165) is 6.07 Å². The van der Waals surface area contributed by atoms with Gasteiger partial charge in [0.25, 0.3) is 0 Å². The number of rotatable bonds is 14. The van der Waals surface area contributed by atoms with Crippen LogP contribution in [0.25, 0.3) is 0 Å². The second-order valence-corrected chi connectivity index (χ2v) is 7.71. The molecule has 0 fully saturated rings. The van der Waals surface area contributed by atoms with E-state index in [1.165, 1.54) is 18.2 Å². The minimum atomic E-state index is -4.67. The molecule has 3 rings (SSSR count). The van der Waals surface area contributed by atoms with E-state index in [9.17, 15) is 35.1 Å². The van der Waals surface area contributed by atoms with Crippen LogP contribution in [0, 0.1) is 29.1 Å². The van der Waals surface area contributed by atoms with Crippen LogP contribution in [-0.2, 0) is 22.2 Å². The highest BCUT2D eigenvalue weighted by molar-refractivity contribution is 5.40. The Labute approximate surface area is 221 Å². The summed E-state index contributed by atoms with van der Waals surface area (Å²) >= 11 is 0. The fourth-order valence-electron chi connectivity index (χ4n) is 3.09. The Morgan fingerprint density at radius 1 is 0.725 bits per heavy atom. The summed E-state index contributed by atoms with van der Waals surface area (Å²) in [6, 6.07) is 3.68. The summed E-state index contributed by atoms with van der Waals surface area (Å²) in [5.74, 6) is -14.0. The van der Waals surface area contributed by atoms with Crippen molar-refractivity contribution in [2.75, 3.05) is 50.2 Å². The van der Waals surface area contributed by atoms with Crippen molar-refractivity contribution in [3.63, 3.8) is 0 Å². The maximum absolute atomic E-state index is 14.1. The molecule has 3 aromatic rings. The summed E-state index contributed by atoms with van der Waals surface area (Å²) in [4.78, 5) is 11.3. The van der Waals surface area contributed by atoms with E-state index in [1.54, 1.807) is 0 Å². The van der Waals surface area contributed by atoms with E-state index in [0.29, 0.717) is 13.2 Å². The summed E-state index contributed by atoms with van der Waals surface area (Å²) < 4.78 is 124. The molecule has 4 N–H and O–H groups in total. The molecule has 1 heterocycles. The normalized spacial score (nSPS) is 11.5. The standard InChI is InChI=1S/C23H22F8N6O3/c24-14-15(25)17(27)19(18(28)16(14)26)40-22-36-20(33-6-8-39-10-9-38-7-5-32)35-21(37-22)34-11-12-3-1-2-4-13(12)23(29,30)31/h1-4H,5-11,32H2,(H2,33,34,35,36,37). The number of benzene rings is 2. The predicted octanol–water partition coefficient (Wildman–Crippen LogP) is 4.39. The molecule has 0 aliphatic carbocycles. The van der Waals surface area contributed by atoms with Crippen LogP contribution in [0.5, 0.6) is 11.8 Å². The van der Waals surface area contributed by atoms with Crippen LogP contribution in [0.3, 0.4) is 0 Å². The van der Waals surface area contributed by atoms with Crippen molar-refractivity contribution in [2.24, 2.45) is 5.73 Å². The molecule has 0 aliphatic heterocycles. The van der Waals surface area contributed by atoms with Crippen LogP contribution >= 0.6 is 0 Å². The maximum atomic E-state index is 14.1. The van der Waals surface area contributed by atoms with Crippen LogP contribution in [-0.4, -0.2) is 54.5 Å². The number of hydrogen-bond donors (Lipinski definition) is 3. The van der Waals surface area contributed by atoms with E-state index in [-0.39, 0.29) is 37.9 Å². The highest BCUT2D eigenvalue weighted by Crippen LogP contribution is 2.33. The largest absolute Gasteiger partial charge is 0.418 e. The minimum absolute atomic E-state index is 0.0548. The molecular formula is C23H22F8N6O3. The third-order valence-electron chi connectivity index (χ3n) is 4.90. The van der Waals surface area contributed by atoms with Crippen molar-refractivity contribution in [1.29, 1.82) is 0 Å². The van der Waals surface area contributed by atoms with Crippen LogP contribution in [0.1, 0.15) is 11.1 Å². The van der Waals surface area contributed by atoms with Crippen LogP contribution in [0.15, 0.2) is 24.3 Å². The van der Waals surface area contributed by atoms with Gasteiger partial charge in [-0.15, -0.1) is 0 Å². The van der Waals surface area contributed by atoms with E-state index in [4.69, 9.17) is 19.9 Å². The summed E-state index contributed by atoms with van der Waals surface area (Å²) in [5, 5.41) is 5.16. The van der Waals surface area contributed by atoms with Gasteiger partial charge >= 0.3 is 12.2 Å². The van der Waals surface area contributed by atoms with Crippen LogP contribution in [0.2, 0.25) is 0 Å². The zero-order valence-corrected chi connectivity index (χ0v) is 20.4. The molecule has 2 aromatic carbocycles. The monoisotopic (exact) mass is 582 g/mol. The van der Waals surface area contributed by atoms with Gasteiger partial charge < -0.3 is 30.6 Å². The summed E-state index contributed by atoms with van der Waals surface area (Å²) in [6.07, 6.45) is -4.67. The molecule has 0 atom stereocenters. The first-order valence-electron chi connectivity index (χ1n) is 11.5. The lowest BCUT2D eigenvalue weighted by atomic mass is 10.1. The molecule has 9 nitrogen and oxygen atoms in total. The van der Waals surface area contributed by atoms with E-state index in [2.05, 4.69) is 25.6 Å². The van der Waals surface area contributed by atoms with Crippen molar-refractivity contribution in [1.82, 2.24) is 15.0 Å². The number of anilines is 2. The number of nitrogens with two attached hydrogens (primary N) is 1. The number of nitrogens with zero attached hydrogens (tertiary/aromatic N) is 3. The minimum Gasteiger partial charge on any atom is -0.418 e. The van der Waals surface area contributed by atoms with E-state index >= 15 is 0 Å². The first kappa shape index (κ1) is 30.7. The molecule has 0 spiro atoms. The Hall–Kier alpha value is -3.83. The van der Waals surface area contributed by atoms with Crippen LogP contribution < -0.4 is 21.1 Å². The lowest BCUT2D eigenvalue weighted by molar-refractivity contribution is -0.138. The lowest BCUT2D eigenvalue weighted by Gasteiger charge is -2.14. The van der Waals surface area contributed by atoms with Crippen molar-refractivity contribution in [3.8, 4) is 11.8 Å². The molecule has 40 heavy (non-hydrogen) atoms. The van der Waals surface area contributed by atoms with Gasteiger partial charge in [0.15, 0.2) is 0 Å². The number of halogens is 8. The molecule has 0 amide bonds. The van der Waals surface area contributed by atoms with Gasteiger partial charge in [-0.2, -0.15) is 36.9 Å². The number of aromatic nitrogens is 3. The molecule has 17 heteroatoms. The average molecular weight is 582 g/mol. The Morgan fingerprint density at radius 2 is 1.30 bits per heavy atom. The Morgan fingerprint density at radius 3 is 1.93 bits per heavy atom. The van der Waals surface area contributed by atoms with Crippen molar-refractivity contribution in [2.45, 2.75) is 12.7 Å². The van der Waals surface area contributed by atoms with Crippen molar-refractivity contribution in [3.05, 3.63) is 64.5 Å². The number of nitrogens with one attached hydrogen (secondary N) is 2. The first-order valence-corrected chi connectivity index (χ1v) is 11.5. The highest BCUT2D eigenvalue weighted by atomic mass is 19.4. The molecule has 0 saturated heterocycles. The van der Waals surface area contributed by atoms with Gasteiger partial charge in [0.2, 0.25) is 46.7 Å². The maximum Gasteiger partial charge on any atom is 0.416 e. The van der Waals surface area contributed by atoms with E-state index in [1.807, 2.05) is 0 Å². The Balaban J connectivity index is 1.82. The van der Waals surface area contributed by atoms with Gasteiger partial charge in [0.05, 0.1) is 32.0 Å². The summed E-state index contributed by atoms with van der Waals surface area (Å²) in [7, 11) is 0. The quantitative estimate of drug-likeness (QED) is 0.110. The number of ether oxygens (including phenoxy) is 3. The SMILES string of the molecule is NCCOCCOCCNc1nc(NCc2ccccc2C(F)(F)F)nc(Oc2c(F)c(F)c(F)c(F)c2F)n1. The second-order valence-electron chi connectivity index (χ2n) is 7.71. The fourth-order valence-corrected chi connectivity index (χ4v) is 3.09.